The van der Waals surface area contributed by atoms with E-state index in [1.54, 1.807) is 41.3 Å². The molecular weight excluding hydrogens is 414 g/mol. The van der Waals surface area contributed by atoms with Gasteiger partial charge >= 0.3 is 0 Å². The van der Waals surface area contributed by atoms with E-state index in [2.05, 4.69) is 5.32 Å². The lowest BCUT2D eigenvalue weighted by molar-refractivity contribution is -0.123. The predicted octanol–water partition coefficient (Wildman–Crippen LogP) is 2.30. The van der Waals surface area contributed by atoms with Crippen LogP contribution in [0.2, 0.25) is 0 Å². The van der Waals surface area contributed by atoms with E-state index in [0.29, 0.717) is 34.2 Å². The first-order valence-corrected chi connectivity index (χ1v) is 10.4. The minimum absolute atomic E-state index is 0.0869. The maximum absolute atomic E-state index is 12.8. The van der Waals surface area contributed by atoms with E-state index in [0.717, 1.165) is 25.9 Å². The fraction of sp³-hybridized carbons (Fsp3) is 0.348. The Morgan fingerprint density at radius 2 is 1.72 bits per heavy atom. The molecule has 2 heterocycles. The Bertz CT molecular complexity index is 1030. The van der Waals surface area contributed by atoms with E-state index in [9.17, 15) is 14.4 Å². The molecule has 0 aliphatic carbocycles. The average Bonchev–Trinajstić information content (AvgIpc) is 3.34. The van der Waals surface area contributed by atoms with Crippen molar-refractivity contribution in [3.8, 4) is 17.2 Å². The summed E-state index contributed by atoms with van der Waals surface area (Å²) in [6.07, 6.45) is 1.97. The molecule has 9 heteroatoms. The third-order valence-corrected chi connectivity index (χ3v) is 5.48. The van der Waals surface area contributed by atoms with Crippen molar-refractivity contribution in [2.75, 3.05) is 50.7 Å². The van der Waals surface area contributed by atoms with Gasteiger partial charge in [0.1, 0.15) is 23.8 Å². The molecule has 4 rings (SSSR count). The Balaban J connectivity index is 1.54. The predicted molar refractivity (Wildman–Crippen MR) is 118 cm³/mol. The molecule has 0 bridgehead atoms. The fourth-order valence-electron chi connectivity index (χ4n) is 3.84. The number of benzene rings is 2. The van der Waals surface area contributed by atoms with Crippen molar-refractivity contribution in [3.63, 3.8) is 0 Å². The average molecular weight is 439 g/mol. The molecule has 0 unspecified atom stereocenters. The highest BCUT2D eigenvalue weighted by atomic mass is 16.5. The third kappa shape index (κ3) is 4.46. The molecule has 0 atom stereocenters. The summed E-state index contributed by atoms with van der Waals surface area (Å²) in [5, 5.41) is 2.76. The number of nitrogens with zero attached hydrogens (tertiary/aromatic N) is 2. The highest BCUT2D eigenvalue weighted by Crippen LogP contribution is 2.34. The van der Waals surface area contributed by atoms with Gasteiger partial charge in [-0.15, -0.1) is 0 Å². The summed E-state index contributed by atoms with van der Waals surface area (Å²) in [5.41, 5.74) is 1.35. The monoisotopic (exact) mass is 439 g/mol. The van der Waals surface area contributed by atoms with Crippen LogP contribution in [0.5, 0.6) is 17.2 Å². The lowest BCUT2D eigenvalue weighted by Crippen LogP contribution is -2.43. The van der Waals surface area contributed by atoms with Crippen LogP contribution in [0.1, 0.15) is 23.2 Å². The molecular formula is C23H25N3O6. The van der Waals surface area contributed by atoms with E-state index in [1.807, 2.05) is 0 Å². The minimum atomic E-state index is -0.405. The minimum Gasteiger partial charge on any atom is -0.497 e. The molecule has 1 fully saturated rings. The Morgan fingerprint density at radius 1 is 1.03 bits per heavy atom. The molecule has 2 aromatic rings. The van der Waals surface area contributed by atoms with Crippen LogP contribution in [0, 0.1) is 0 Å². The van der Waals surface area contributed by atoms with Crippen molar-refractivity contribution in [1.29, 1.82) is 0 Å². The number of anilines is 2. The first-order chi connectivity index (χ1) is 15.5. The second-order valence-corrected chi connectivity index (χ2v) is 7.60. The Morgan fingerprint density at radius 3 is 2.38 bits per heavy atom. The highest BCUT2D eigenvalue weighted by molar-refractivity contribution is 6.06. The normalized spacial score (nSPS) is 15.1. The molecule has 0 spiro atoms. The Kier molecular flexibility index (Phi) is 6.16. The molecule has 1 saturated heterocycles. The number of amides is 3. The molecule has 2 aliphatic heterocycles. The van der Waals surface area contributed by atoms with Crippen LogP contribution in [-0.4, -0.2) is 63.1 Å². The van der Waals surface area contributed by atoms with Crippen LogP contribution in [0.3, 0.4) is 0 Å². The van der Waals surface area contributed by atoms with Crippen LogP contribution in [0.25, 0.3) is 0 Å². The van der Waals surface area contributed by atoms with Gasteiger partial charge in [-0.3, -0.25) is 19.3 Å². The number of carbonyl (C=O) groups excluding carboxylic acids is 3. The van der Waals surface area contributed by atoms with Crippen LogP contribution in [0.4, 0.5) is 11.4 Å². The standard InChI is InChI=1S/C23H25N3O6/c1-30-17-10-16(11-18(12-17)31-2)24-21(27)13-26-19-9-15(23(29)25-7-3-4-8-25)5-6-20(19)32-14-22(26)28/h5-6,9-12H,3-4,7-8,13-14H2,1-2H3,(H,24,27). The number of rotatable bonds is 6. The number of nitrogens with one attached hydrogen (secondary N) is 1. The highest BCUT2D eigenvalue weighted by Gasteiger charge is 2.29. The van der Waals surface area contributed by atoms with E-state index in [1.165, 1.54) is 19.1 Å². The number of methoxy groups -OCH3 is 2. The van der Waals surface area contributed by atoms with Gasteiger partial charge in [-0.25, -0.2) is 0 Å². The van der Waals surface area contributed by atoms with Crippen molar-refractivity contribution in [1.82, 2.24) is 4.90 Å². The maximum atomic E-state index is 12.8. The zero-order chi connectivity index (χ0) is 22.7. The van der Waals surface area contributed by atoms with Crippen LogP contribution in [0.15, 0.2) is 36.4 Å². The molecule has 1 N–H and O–H groups in total. The van der Waals surface area contributed by atoms with Crippen molar-refractivity contribution in [2.45, 2.75) is 12.8 Å². The molecule has 2 aromatic carbocycles. The van der Waals surface area contributed by atoms with E-state index >= 15 is 0 Å². The van der Waals surface area contributed by atoms with E-state index in [-0.39, 0.29) is 25.0 Å². The van der Waals surface area contributed by atoms with Gasteiger partial charge in [-0.05, 0) is 31.0 Å². The molecule has 0 radical (unpaired) electrons. The second kappa shape index (κ2) is 9.17. The largest absolute Gasteiger partial charge is 0.497 e. The summed E-state index contributed by atoms with van der Waals surface area (Å²) in [4.78, 5) is 41.2. The molecule has 3 amide bonds. The molecule has 32 heavy (non-hydrogen) atoms. The first-order valence-electron chi connectivity index (χ1n) is 10.4. The topological polar surface area (TPSA) is 97.4 Å². The molecule has 0 aromatic heterocycles. The number of hydrogen-bond donors (Lipinski definition) is 1. The van der Waals surface area contributed by atoms with Gasteiger partial charge in [0.25, 0.3) is 11.8 Å². The van der Waals surface area contributed by atoms with Crippen LogP contribution >= 0.6 is 0 Å². The van der Waals surface area contributed by atoms with Crippen molar-refractivity contribution in [3.05, 3.63) is 42.0 Å². The zero-order valence-electron chi connectivity index (χ0n) is 18.1. The van der Waals surface area contributed by atoms with Gasteiger partial charge in [0.2, 0.25) is 5.91 Å². The van der Waals surface area contributed by atoms with Gasteiger partial charge in [-0.2, -0.15) is 0 Å². The number of likely N-dealkylation sites (tertiary alicyclic amines) is 1. The van der Waals surface area contributed by atoms with Crippen molar-refractivity contribution < 1.29 is 28.6 Å². The molecule has 2 aliphatic rings. The lowest BCUT2D eigenvalue weighted by atomic mass is 10.1. The van der Waals surface area contributed by atoms with E-state index in [4.69, 9.17) is 14.2 Å². The lowest BCUT2D eigenvalue weighted by Gasteiger charge is -2.29. The van der Waals surface area contributed by atoms with Crippen molar-refractivity contribution >= 4 is 29.1 Å². The smallest absolute Gasteiger partial charge is 0.265 e. The SMILES string of the molecule is COc1cc(NC(=O)CN2C(=O)COc3ccc(C(=O)N4CCCC4)cc32)cc(OC)c1. The fourth-order valence-corrected chi connectivity index (χ4v) is 3.84. The summed E-state index contributed by atoms with van der Waals surface area (Å²) in [7, 11) is 3.04. The molecule has 9 nitrogen and oxygen atoms in total. The van der Waals surface area contributed by atoms with Gasteiger partial charge in [0, 0.05) is 42.5 Å². The Labute approximate surface area is 185 Å². The summed E-state index contributed by atoms with van der Waals surface area (Å²) in [6, 6.07) is 9.98. The molecule has 0 saturated carbocycles. The van der Waals surface area contributed by atoms with E-state index < -0.39 is 5.91 Å². The third-order valence-electron chi connectivity index (χ3n) is 5.48. The summed E-state index contributed by atoms with van der Waals surface area (Å²) >= 11 is 0. The van der Waals surface area contributed by atoms with Gasteiger partial charge in [0.15, 0.2) is 6.61 Å². The molecule has 168 valence electrons. The summed E-state index contributed by atoms with van der Waals surface area (Å²) in [5.74, 6) is 0.657. The Hall–Kier alpha value is -3.75. The second-order valence-electron chi connectivity index (χ2n) is 7.60. The summed E-state index contributed by atoms with van der Waals surface area (Å²) in [6.45, 7) is 1.05. The van der Waals surface area contributed by atoms with Crippen molar-refractivity contribution in [2.24, 2.45) is 0 Å². The van der Waals surface area contributed by atoms with Gasteiger partial charge < -0.3 is 24.4 Å². The van der Waals surface area contributed by atoms with Gasteiger partial charge in [0.05, 0.1) is 19.9 Å². The number of ether oxygens (including phenoxy) is 3. The first kappa shape index (κ1) is 21.5. The number of hydrogen-bond acceptors (Lipinski definition) is 6. The summed E-state index contributed by atoms with van der Waals surface area (Å²) < 4.78 is 15.9. The quantitative estimate of drug-likeness (QED) is 0.742. The number of fused-ring (bicyclic) bond motifs is 1. The van der Waals surface area contributed by atoms with Crippen LogP contribution in [-0.2, 0) is 9.59 Å². The van der Waals surface area contributed by atoms with Gasteiger partial charge in [-0.1, -0.05) is 0 Å². The van der Waals surface area contributed by atoms with Crippen LogP contribution < -0.4 is 24.4 Å². The maximum Gasteiger partial charge on any atom is 0.265 e. The zero-order valence-corrected chi connectivity index (χ0v) is 18.1. The number of carbonyl (C=O) groups is 3.